The Bertz CT molecular complexity index is 290. The lowest BCUT2D eigenvalue weighted by atomic mass is 10.2. The Kier molecular flexibility index (Phi) is 2.53. The number of rotatable bonds is 1. The summed E-state index contributed by atoms with van der Waals surface area (Å²) in [6, 6.07) is 8.79. The molecule has 0 spiro atoms. The lowest BCUT2D eigenvalue weighted by Crippen LogP contribution is -1.96. The van der Waals surface area contributed by atoms with E-state index in [4.69, 9.17) is 5.26 Å². The maximum absolute atomic E-state index is 10.9. The molecule has 0 unspecified atom stereocenters. The van der Waals surface area contributed by atoms with Gasteiger partial charge in [0.15, 0.2) is 4.90 Å². The van der Waals surface area contributed by atoms with Gasteiger partial charge in [0.05, 0.1) is 11.6 Å². The zero-order valence-electron chi connectivity index (χ0n) is 6.07. The van der Waals surface area contributed by atoms with Gasteiger partial charge in [0.25, 0.3) is 0 Å². The third kappa shape index (κ3) is 1.97. The van der Waals surface area contributed by atoms with Crippen molar-refractivity contribution in [3.8, 4) is 6.07 Å². The summed E-state index contributed by atoms with van der Waals surface area (Å²) in [6.07, 6.45) is 1.59. The molecule has 1 aromatic rings. The first kappa shape index (κ1) is 8.12. The van der Waals surface area contributed by atoms with E-state index in [2.05, 4.69) is 0 Å². The van der Waals surface area contributed by atoms with Crippen LogP contribution in [0.15, 0.2) is 29.2 Å². The minimum absolute atomic E-state index is 0.553. The van der Waals surface area contributed by atoms with E-state index < -0.39 is 11.2 Å². The monoisotopic (exact) mass is 165 g/mol. The molecule has 0 N–H and O–H groups in total. The van der Waals surface area contributed by atoms with Crippen molar-refractivity contribution in [3.05, 3.63) is 29.8 Å². The molecule has 1 rings (SSSR count). The Morgan fingerprint density at radius 1 is 1.55 bits per heavy atom. The van der Waals surface area contributed by atoms with Gasteiger partial charge in [-0.2, -0.15) is 5.26 Å². The van der Waals surface area contributed by atoms with Gasteiger partial charge in [0.2, 0.25) is 0 Å². The highest BCUT2D eigenvalue weighted by Gasteiger charge is 2.02. The first-order chi connectivity index (χ1) is 5.24. The predicted octanol–water partition coefficient (Wildman–Crippen LogP) is 1.30. The smallest absolute Gasteiger partial charge is 0.153 e. The maximum atomic E-state index is 10.9. The maximum Gasteiger partial charge on any atom is 0.153 e. The van der Waals surface area contributed by atoms with Crippen molar-refractivity contribution in [1.82, 2.24) is 0 Å². The Hall–Kier alpha value is -0.980. The summed E-state index contributed by atoms with van der Waals surface area (Å²) in [4.78, 5) is 0.698. The lowest BCUT2D eigenvalue weighted by Gasteiger charge is -2.02. The molecule has 0 fully saturated rings. The van der Waals surface area contributed by atoms with Gasteiger partial charge in [0.1, 0.15) is 6.26 Å². The number of benzene rings is 1. The summed E-state index contributed by atoms with van der Waals surface area (Å²) in [5.41, 5.74) is 0.553. The molecule has 0 saturated carbocycles. The van der Waals surface area contributed by atoms with Crippen LogP contribution in [0, 0.1) is 11.3 Å². The van der Waals surface area contributed by atoms with Crippen molar-refractivity contribution >= 4 is 11.2 Å². The fraction of sp³-hybridized carbons (Fsp3) is 0.125. The van der Waals surface area contributed by atoms with Crippen LogP contribution in [0.4, 0.5) is 0 Å². The second-order valence-electron chi connectivity index (χ2n) is 2.09. The third-order valence-corrected chi connectivity index (χ3v) is 2.21. The summed E-state index contributed by atoms with van der Waals surface area (Å²) in [5.74, 6) is 0. The average Bonchev–Trinajstić information content (AvgIpc) is 2.05. The van der Waals surface area contributed by atoms with Gasteiger partial charge < -0.3 is 4.55 Å². The Labute approximate surface area is 68.6 Å². The van der Waals surface area contributed by atoms with E-state index in [1.165, 1.54) is 0 Å². The Morgan fingerprint density at radius 2 is 2.27 bits per heavy atom. The van der Waals surface area contributed by atoms with Gasteiger partial charge in [-0.3, -0.25) is 0 Å². The van der Waals surface area contributed by atoms with Gasteiger partial charge >= 0.3 is 0 Å². The summed E-state index contributed by atoms with van der Waals surface area (Å²) in [7, 11) is 0. The molecule has 0 bridgehead atoms. The van der Waals surface area contributed by atoms with Gasteiger partial charge in [-0.05, 0) is 23.3 Å². The highest BCUT2D eigenvalue weighted by atomic mass is 32.2. The van der Waals surface area contributed by atoms with Crippen LogP contribution in [0.25, 0.3) is 0 Å². The van der Waals surface area contributed by atoms with Crippen molar-refractivity contribution in [3.63, 3.8) is 0 Å². The second kappa shape index (κ2) is 3.42. The van der Waals surface area contributed by atoms with Gasteiger partial charge in [0, 0.05) is 6.07 Å². The van der Waals surface area contributed by atoms with Crippen molar-refractivity contribution in [2.75, 3.05) is 6.26 Å². The minimum atomic E-state index is -0.992. The highest BCUT2D eigenvalue weighted by Crippen LogP contribution is 2.09. The molecule has 0 amide bonds. The molecule has 3 heteroatoms. The van der Waals surface area contributed by atoms with E-state index in [9.17, 15) is 4.55 Å². The largest absolute Gasteiger partial charge is 0.612 e. The SMILES string of the molecule is C[S@@+]([O-])c1cccc(C#N)c1. The first-order valence-electron chi connectivity index (χ1n) is 3.07. The molecule has 0 radical (unpaired) electrons. The van der Waals surface area contributed by atoms with E-state index in [1.54, 1.807) is 30.5 Å². The van der Waals surface area contributed by atoms with Gasteiger partial charge in [-0.15, -0.1) is 0 Å². The molecule has 0 aliphatic rings. The molecule has 2 nitrogen and oxygen atoms in total. The normalized spacial score (nSPS) is 12.1. The van der Waals surface area contributed by atoms with Crippen molar-refractivity contribution in [2.24, 2.45) is 0 Å². The van der Waals surface area contributed by atoms with Crippen molar-refractivity contribution in [1.29, 1.82) is 5.26 Å². The molecule has 11 heavy (non-hydrogen) atoms. The fourth-order valence-electron chi connectivity index (χ4n) is 0.744. The van der Waals surface area contributed by atoms with E-state index in [-0.39, 0.29) is 0 Å². The Balaban J connectivity index is 3.03. The van der Waals surface area contributed by atoms with Crippen LogP contribution in [0.5, 0.6) is 0 Å². The van der Waals surface area contributed by atoms with Crippen LogP contribution < -0.4 is 0 Å². The van der Waals surface area contributed by atoms with E-state index in [1.807, 2.05) is 6.07 Å². The van der Waals surface area contributed by atoms with Crippen LogP contribution in [-0.4, -0.2) is 10.8 Å². The molecule has 0 aromatic heterocycles. The van der Waals surface area contributed by atoms with E-state index >= 15 is 0 Å². The molecule has 0 aliphatic heterocycles. The minimum Gasteiger partial charge on any atom is -0.612 e. The van der Waals surface area contributed by atoms with Gasteiger partial charge in [-0.1, -0.05) is 6.07 Å². The summed E-state index contributed by atoms with van der Waals surface area (Å²) in [6.45, 7) is 0. The molecule has 0 aliphatic carbocycles. The molecule has 1 atom stereocenters. The molecule has 56 valence electrons. The number of nitriles is 1. The molecule has 0 saturated heterocycles. The molecule has 1 aromatic carbocycles. The second-order valence-corrected chi connectivity index (χ2v) is 3.47. The Morgan fingerprint density at radius 3 is 2.82 bits per heavy atom. The molecular weight excluding hydrogens is 158 g/mol. The molecule has 0 heterocycles. The first-order valence-corrected chi connectivity index (χ1v) is 4.63. The quantitative estimate of drug-likeness (QED) is 0.589. The average molecular weight is 165 g/mol. The number of hydrogen-bond acceptors (Lipinski definition) is 2. The van der Waals surface area contributed by atoms with Crippen LogP contribution in [0.3, 0.4) is 0 Å². The summed E-state index contributed by atoms with van der Waals surface area (Å²) in [5, 5.41) is 8.49. The highest BCUT2D eigenvalue weighted by molar-refractivity contribution is 7.90. The van der Waals surface area contributed by atoms with Crippen LogP contribution in [0.2, 0.25) is 0 Å². The van der Waals surface area contributed by atoms with Crippen molar-refractivity contribution in [2.45, 2.75) is 4.90 Å². The third-order valence-electron chi connectivity index (χ3n) is 1.30. The van der Waals surface area contributed by atoms with E-state index in [0.717, 1.165) is 0 Å². The van der Waals surface area contributed by atoms with Crippen molar-refractivity contribution < 1.29 is 4.55 Å². The lowest BCUT2D eigenvalue weighted by molar-refractivity contribution is 0.601. The van der Waals surface area contributed by atoms with Crippen LogP contribution >= 0.6 is 0 Å². The number of nitrogens with zero attached hydrogens (tertiary/aromatic N) is 1. The van der Waals surface area contributed by atoms with E-state index in [0.29, 0.717) is 10.5 Å². The predicted molar refractivity (Wildman–Crippen MR) is 43.5 cm³/mol. The van der Waals surface area contributed by atoms with Gasteiger partial charge in [-0.25, -0.2) is 0 Å². The van der Waals surface area contributed by atoms with Crippen LogP contribution in [0.1, 0.15) is 5.56 Å². The zero-order valence-corrected chi connectivity index (χ0v) is 6.89. The molecular formula is C8H7NOS. The zero-order chi connectivity index (χ0) is 8.27. The summed E-state index contributed by atoms with van der Waals surface area (Å²) < 4.78 is 10.9. The fourth-order valence-corrected chi connectivity index (χ4v) is 1.31. The topological polar surface area (TPSA) is 46.8 Å². The number of hydrogen-bond donors (Lipinski definition) is 0. The summed E-state index contributed by atoms with van der Waals surface area (Å²) >= 11 is -0.992. The standard InChI is InChI=1S/C8H7NOS/c1-11(10)8-4-2-3-7(5-8)6-9/h2-5H,1H3/t11-/m1/s1. The van der Waals surface area contributed by atoms with Crippen LogP contribution in [-0.2, 0) is 11.2 Å².